The minimum atomic E-state index is -0.755. The van der Waals surface area contributed by atoms with Crippen LogP contribution in [0, 0.1) is 5.82 Å². The van der Waals surface area contributed by atoms with E-state index in [1.54, 1.807) is 36.2 Å². The summed E-state index contributed by atoms with van der Waals surface area (Å²) in [5.41, 5.74) is 2.82. The number of urea groups is 1. The van der Waals surface area contributed by atoms with E-state index in [4.69, 9.17) is 4.74 Å². The Labute approximate surface area is 228 Å². The fraction of sp³-hybridized carbons (Fsp3) is 0.172. The molecule has 8 nitrogen and oxygen atoms in total. The summed E-state index contributed by atoms with van der Waals surface area (Å²) in [5, 5.41) is 4.70. The molecule has 0 spiro atoms. The van der Waals surface area contributed by atoms with Crippen molar-refractivity contribution < 1.29 is 23.5 Å². The van der Waals surface area contributed by atoms with Gasteiger partial charge in [-0.1, -0.05) is 36.4 Å². The van der Waals surface area contributed by atoms with Gasteiger partial charge in [0.05, 0.1) is 16.6 Å². The van der Waals surface area contributed by atoms with Crippen molar-refractivity contribution in [2.24, 2.45) is 0 Å². The number of amides is 4. The van der Waals surface area contributed by atoms with Crippen LogP contribution in [0.4, 0.5) is 14.9 Å². The largest absolute Gasteiger partial charge is 0.453 e. The van der Waals surface area contributed by atoms with Crippen molar-refractivity contribution in [3.05, 3.63) is 89.2 Å². The maximum absolute atomic E-state index is 14.9. The molecule has 3 heterocycles. The minimum absolute atomic E-state index is 0.0162. The number of ether oxygens (including phenoxy) is 1. The van der Waals surface area contributed by atoms with E-state index in [1.165, 1.54) is 23.5 Å². The van der Waals surface area contributed by atoms with E-state index in [9.17, 15) is 18.8 Å². The standard InChI is InChI=1S/C29H25FN4O4S/c1-18(35)34-13-10-20(11-14-34)26-17-23-28(39-26)25(9-12-31-23)38-24-8-7-21(16-22(24)30)32-29(37)33-27(36)15-19-5-3-2-4-6-19/h2-10,12,16-17H,11,13-15H2,1H3,(H2,32,33,36,37). The number of pyridine rings is 1. The van der Waals surface area contributed by atoms with Crippen LogP contribution in [-0.2, 0) is 16.0 Å². The summed E-state index contributed by atoms with van der Waals surface area (Å²) in [6.45, 7) is 2.80. The number of aromatic nitrogens is 1. The highest BCUT2D eigenvalue weighted by Crippen LogP contribution is 2.39. The Morgan fingerprint density at radius 3 is 2.62 bits per heavy atom. The summed E-state index contributed by atoms with van der Waals surface area (Å²) in [6.07, 6.45) is 4.45. The van der Waals surface area contributed by atoms with Gasteiger partial charge in [-0.2, -0.15) is 0 Å². The van der Waals surface area contributed by atoms with Gasteiger partial charge < -0.3 is 15.0 Å². The number of thiophene rings is 1. The lowest BCUT2D eigenvalue weighted by Crippen LogP contribution is -2.35. The van der Waals surface area contributed by atoms with Gasteiger partial charge in [0.2, 0.25) is 11.8 Å². The molecule has 0 aliphatic carbocycles. The molecule has 0 atom stereocenters. The molecule has 0 saturated heterocycles. The Balaban J connectivity index is 1.25. The molecule has 2 aromatic heterocycles. The van der Waals surface area contributed by atoms with Crippen molar-refractivity contribution in [1.82, 2.24) is 15.2 Å². The zero-order valence-electron chi connectivity index (χ0n) is 21.1. The molecule has 39 heavy (non-hydrogen) atoms. The smallest absolute Gasteiger partial charge is 0.325 e. The molecule has 1 aliphatic rings. The van der Waals surface area contributed by atoms with Gasteiger partial charge in [-0.15, -0.1) is 11.3 Å². The lowest BCUT2D eigenvalue weighted by Gasteiger charge is -2.24. The first-order valence-electron chi connectivity index (χ1n) is 12.3. The van der Waals surface area contributed by atoms with Gasteiger partial charge >= 0.3 is 6.03 Å². The monoisotopic (exact) mass is 544 g/mol. The highest BCUT2D eigenvalue weighted by molar-refractivity contribution is 7.20. The SMILES string of the molecule is CC(=O)N1CC=C(c2cc3nccc(Oc4ccc(NC(=O)NC(=O)Cc5ccccc5)cc4F)c3s2)CC1. The summed E-state index contributed by atoms with van der Waals surface area (Å²) >= 11 is 1.50. The van der Waals surface area contributed by atoms with Crippen molar-refractivity contribution >= 4 is 50.7 Å². The first-order valence-corrected chi connectivity index (χ1v) is 13.1. The normalized spacial score (nSPS) is 13.1. The van der Waals surface area contributed by atoms with E-state index in [0.29, 0.717) is 18.8 Å². The third kappa shape index (κ3) is 6.29. The number of nitrogens with zero attached hydrogens (tertiary/aromatic N) is 2. The lowest BCUT2D eigenvalue weighted by molar-refractivity contribution is -0.128. The van der Waals surface area contributed by atoms with Crippen LogP contribution < -0.4 is 15.4 Å². The van der Waals surface area contributed by atoms with Crippen LogP contribution in [0.1, 0.15) is 23.8 Å². The number of rotatable bonds is 6. The van der Waals surface area contributed by atoms with Crippen LogP contribution in [0.15, 0.2) is 72.9 Å². The Hall–Kier alpha value is -4.57. The van der Waals surface area contributed by atoms with Crippen LogP contribution in [0.5, 0.6) is 11.5 Å². The molecular formula is C29H25FN4O4S. The van der Waals surface area contributed by atoms with E-state index in [0.717, 1.165) is 38.7 Å². The van der Waals surface area contributed by atoms with Gasteiger partial charge in [0, 0.05) is 48.9 Å². The Morgan fingerprint density at radius 2 is 1.90 bits per heavy atom. The fourth-order valence-corrected chi connectivity index (χ4v) is 5.36. The number of anilines is 1. The summed E-state index contributed by atoms with van der Waals surface area (Å²) in [6, 6.07) is 16.0. The topological polar surface area (TPSA) is 101 Å². The highest BCUT2D eigenvalue weighted by Gasteiger charge is 2.19. The number of benzene rings is 2. The maximum Gasteiger partial charge on any atom is 0.325 e. The second-order valence-electron chi connectivity index (χ2n) is 8.99. The molecular weight excluding hydrogens is 519 g/mol. The Kier molecular flexibility index (Phi) is 7.64. The van der Waals surface area contributed by atoms with E-state index in [2.05, 4.69) is 15.6 Å². The summed E-state index contributed by atoms with van der Waals surface area (Å²) in [5.74, 6) is -0.653. The molecule has 1 aliphatic heterocycles. The summed E-state index contributed by atoms with van der Waals surface area (Å²) in [4.78, 5) is 43.2. The molecule has 4 amide bonds. The second kappa shape index (κ2) is 11.4. The van der Waals surface area contributed by atoms with Gasteiger partial charge in [0.1, 0.15) is 5.75 Å². The number of hydrogen-bond acceptors (Lipinski definition) is 6. The number of carbonyl (C=O) groups is 3. The van der Waals surface area contributed by atoms with Crippen molar-refractivity contribution in [3.63, 3.8) is 0 Å². The second-order valence-corrected chi connectivity index (χ2v) is 10.0. The van der Waals surface area contributed by atoms with Crippen LogP contribution in [0.3, 0.4) is 0 Å². The molecule has 5 rings (SSSR count). The molecule has 2 N–H and O–H groups in total. The zero-order chi connectivity index (χ0) is 27.4. The molecule has 198 valence electrons. The van der Waals surface area contributed by atoms with Crippen molar-refractivity contribution in [2.45, 2.75) is 19.8 Å². The average molecular weight is 545 g/mol. The van der Waals surface area contributed by atoms with Crippen LogP contribution in [-0.4, -0.2) is 40.8 Å². The molecule has 0 fully saturated rings. The summed E-state index contributed by atoms with van der Waals surface area (Å²) < 4.78 is 21.6. The number of fused-ring (bicyclic) bond motifs is 1. The van der Waals surface area contributed by atoms with Gasteiger partial charge in [0.15, 0.2) is 11.6 Å². The predicted octanol–water partition coefficient (Wildman–Crippen LogP) is 5.75. The molecule has 0 unspecified atom stereocenters. The maximum atomic E-state index is 14.9. The van der Waals surface area contributed by atoms with Crippen LogP contribution in [0.25, 0.3) is 15.8 Å². The van der Waals surface area contributed by atoms with Gasteiger partial charge in [-0.05, 0) is 35.8 Å². The van der Waals surface area contributed by atoms with Crippen LogP contribution >= 0.6 is 11.3 Å². The zero-order valence-corrected chi connectivity index (χ0v) is 21.9. The molecule has 0 bridgehead atoms. The van der Waals surface area contributed by atoms with Crippen molar-refractivity contribution in [3.8, 4) is 11.5 Å². The lowest BCUT2D eigenvalue weighted by atomic mass is 10.1. The van der Waals surface area contributed by atoms with Gasteiger partial charge in [-0.25, -0.2) is 9.18 Å². The molecule has 2 aromatic carbocycles. The minimum Gasteiger partial charge on any atom is -0.453 e. The van der Waals surface area contributed by atoms with Crippen molar-refractivity contribution in [2.75, 3.05) is 18.4 Å². The number of hydrogen-bond donors (Lipinski definition) is 2. The van der Waals surface area contributed by atoms with E-state index in [-0.39, 0.29) is 23.8 Å². The van der Waals surface area contributed by atoms with Crippen molar-refractivity contribution in [1.29, 1.82) is 0 Å². The molecule has 0 radical (unpaired) electrons. The van der Waals surface area contributed by atoms with Gasteiger partial charge in [-0.3, -0.25) is 19.9 Å². The third-order valence-corrected chi connectivity index (χ3v) is 7.43. The highest BCUT2D eigenvalue weighted by atomic mass is 32.1. The van der Waals surface area contributed by atoms with Gasteiger partial charge in [0.25, 0.3) is 0 Å². The van der Waals surface area contributed by atoms with E-state index in [1.807, 2.05) is 30.3 Å². The molecule has 4 aromatic rings. The first kappa shape index (κ1) is 26.1. The first-order chi connectivity index (χ1) is 18.9. The fourth-order valence-electron chi connectivity index (χ4n) is 4.23. The van der Waals surface area contributed by atoms with E-state index < -0.39 is 17.8 Å². The Bertz CT molecular complexity index is 1580. The number of imide groups is 1. The third-order valence-electron chi connectivity index (χ3n) is 6.22. The number of carbonyl (C=O) groups excluding carboxylic acids is 3. The molecule has 0 saturated carbocycles. The van der Waals surface area contributed by atoms with Crippen LogP contribution in [0.2, 0.25) is 0 Å². The number of nitrogens with one attached hydrogen (secondary N) is 2. The quantitative estimate of drug-likeness (QED) is 0.322. The molecule has 10 heteroatoms. The summed E-state index contributed by atoms with van der Waals surface area (Å²) in [7, 11) is 0. The Morgan fingerprint density at radius 1 is 1.08 bits per heavy atom. The predicted molar refractivity (Wildman–Crippen MR) is 148 cm³/mol. The average Bonchev–Trinajstić information content (AvgIpc) is 3.36. The van der Waals surface area contributed by atoms with E-state index >= 15 is 0 Å². The number of halogens is 1.